The Bertz CT molecular complexity index is 1200. The standard InChI is InChI=1S/C27H28N2O3/c1-26(2)16-24(30)27(3,4)23-14-20(11-8-18-6-9-19(10-7-18)25(31)32)21(15-22(23)26)17-29-13-5-12-28-29/h5-15H,16-17H2,1-4H3,(H,31,32)/p-1/b11-8+. The van der Waals surface area contributed by atoms with Crippen LogP contribution in [0.5, 0.6) is 0 Å². The molecule has 1 aliphatic carbocycles. The third-order valence-electron chi connectivity index (χ3n) is 6.47. The second kappa shape index (κ2) is 7.90. The maximum Gasteiger partial charge on any atom is 0.143 e. The number of rotatable bonds is 5. The first-order valence-electron chi connectivity index (χ1n) is 10.8. The van der Waals surface area contributed by atoms with Crippen molar-refractivity contribution in [3.05, 3.63) is 88.2 Å². The Kier molecular flexibility index (Phi) is 5.37. The molecule has 0 saturated heterocycles. The third kappa shape index (κ3) is 4.03. The molecule has 0 radical (unpaired) electrons. The quantitative estimate of drug-likeness (QED) is 0.577. The molecule has 5 nitrogen and oxygen atoms in total. The van der Waals surface area contributed by atoms with Gasteiger partial charge in [0.15, 0.2) is 0 Å². The van der Waals surface area contributed by atoms with Gasteiger partial charge in [0, 0.05) is 24.2 Å². The highest BCUT2D eigenvalue weighted by molar-refractivity contribution is 5.93. The van der Waals surface area contributed by atoms with Crippen LogP contribution in [0.1, 0.15) is 72.3 Å². The van der Waals surface area contributed by atoms with Crippen LogP contribution in [0.2, 0.25) is 0 Å². The number of carboxylic acids is 1. The summed E-state index contributed by atoms with van der Waals surface area (Å²) in [4.78, 5) is 23.9. The molecule has 0 N–H and O–H groups in total. The van der Waals surface area contributed by atoms with Crippen molar-refractivity contribution in [3.8, 4) is 0 Å². The lowest BCUT2D eigenvalue weighted by atomic mass is 9.62. The minimum absolute atomic E-state index is 0.151. The molecule has 2 aromatic carbocycles. The highest BCUT2D eigenvalue weighted by atomic mass is 16.4. The van der Waals surface area contributed by atoms with E-state index in [1.807, 2.05) is 42.9 Å². The van der Waals surface area contributed by atoms with E-state index in [9.17, 15) is 14.7 Å². The average Bonchev–Trinajstić information content (AvgIpc) is 3.24. The minimum Gasteiger partial charge on any atom is -0.545 e. The van der Waals surface area contributed by atoms with Gasteiger partial charge in [0.05, 0.1) is 12.5 Å². The molecule has 0 unspecified atom stereocenters. The van der Waals surface area contributed by atoms with Crippen molar-refractivity contribution in [1.82, 2.24) is 9.78 Å². The number of carboxylic acid groups (broad SMARTS) is 1. The highest BCUT2D eigenvalue weighted by Gasteiger charge is 2.43. The fourth-order valence-electron chi connectivity index (χ4n) is 4.38. The molecule has 32 heavy (non-hydrogen) atoms. The first-order valence-corrected chi connectivity index (χ1v) is 10.8. The van der Waals surface area contributed by atoms with Crippen molar-refractivity contribution in [2.45, 2.75) is 51.5 Å². The number of hydrogen-bond acceptors (Lipinski definition) is 4. The van der Waals surface area contributed by atoms with E-state index in [1.54, 1.807) is 18.3 Å². The molecule has 0 amide bonds. The molecule has 164 valence electrons. The lowest BCUT2D eigenvalue weighted by Gasteiger charge is -2.41. The Morgan fingerprint density at radius 2 is 1.81 bits per heavy atom. The summed E-state index contributed by atoms with van der Waals surface area (Å²) in [6.07, 6.45) is 8.20. The fraction of sp³-hybridized carbons (Fsp3) is 0.296. The van der Waals surface area contributed by atoms with E-state index in [-0.39, 0.29) is 16.8 Å². The molecule has 4 rings (SSSR count). The molecule has 1 heterocycles. The molecule has 1 aliphatic rings. The normalized spacial score (nSPS) is 16.8. The second-order valence-corrected chi connectivity index (χ2v) is 9.65. The van der Waals surface area contributed by atoms with E-state index >= 15 is 0 Å². The zero-order valence-corrected chi connectivity index (χ0v) is 18.9. The molecule has 0 fully saturated rings. The predicted octanol–water partition coefficient (Wildman–Crippen LogP) is 3.99. The van der Waals surface area contributed by atoms with Crippen LogP contribution in [0.25, 0.3) is 12.2 Å². The minimum atomic E-state index is -1.19. The lowest BCUT2D eigenvalue weighted by molar-refractivity contribution is -0.255. The van der Waals surface area contributed by atoms with E-state index in [1.165, 1.54) is 17.7 Å². The summed E-state index contributed by atoms with van der Waals surface area (Å²) in [6, 6.07) is 12.8. The Labute approximate surface area is 188 Å². The van der Waals surface area contributed by atoms with Gasteiger partial charge in [0.2, 0.25) is 0 Å². The summed E-state index contributed by atoms with van der Waals surface area (Å²) in [5.41, 5.74) is 4.66. The molecular weight excluding hydrogens is 400 g/mol. The smallest absolute Gasteiger partial charge is 0.143 e. The summed E-state index contributed by atoms with van der Waals surface area (Å²) in [5, 5.41) is 15.4. The predicted molar refractivity (Wildman–Crippen MR) is 123 cm³/mol. The number of aromatic carboxylic acids is 1. The Morgan fingerprint density at radius 1 is 1.09 bits per heavy atom. The number of nitrogens with zero attached hydrogens (tertiary/aromatic N) is 2. The largest absolute Gasteiger partial charge is 0.545 e. The zero-order valence-electron chi connectivity index (χ0n) is 18.9. The Balaban J connectivity index is 1.81. The van der Waals surface area contributed by atoms with Gasteiger partial charge >= 0.3 is 0 Å². The summed E-state index contributed by atoms with van der Waals surface area (Å²) in [5.74, 6) is -0.936. The first-order chi connectivity index (χ1) is 15.1. The van der Waals surface area contributed by atoms with Gasteiger partial charge in [-0.1, -0.05) is 62.4 Å². The number of carbonyl (C=O) groups is 2. The number of carbonyl (C=O) groups excluding carboxylic acids is 2. The topological polar surface area (TPSA) is 75.0 Å². The molecule has 1 aromatic heterocycles. The summed E-state index contributed by atoms with van der Waals surface area (Å²) in [6.45, 7) is 8.88. The van der Waals surface area contributed by atoms with Crippen LogP contribution in [0, 0.1) is 0 Å². The summed E-state index contributed by atoms with van der Waals surface area (Å²) < 4.78 is 1.89. The SMILES string of the molecule is CC1(C)CC(=O)C(C)(C)c2cc(/C=C/c3ccc(C(=O)[O-])cc3)c(Cn3cccn3)cc21. The van der Waals surface area contributed by atoms with Crippen LogP contribution in [-0.2, 0) is 22.2 Å². The number of ketones is 1. The van der Waals surface area contributed by atoms with E-state index in [0.29, 0.717) is 13.0 Å². The van der Waals surface area contributed by atoms with Gasteiger partial charge < -0.3 is 9.90 Å². The van der Waals surface area contributed by atoms with Crippen molar-refractivity contribution in [2.75, 3.05) is 0 Å². The van der Waals surface area contributed by atoms with E-state index < -0.39 is 11.4 Å². The number of aromatic nitrogens is 2. The van der Waals surface area contributed by atoms with Crippen LogP contribution in [0.3, 0.4) is 0 Å². The maximum atomic E-state index is 12.9. The van der Waals surface area contributed by atoms with Crippen molar-refractivity contribution in [2.24, 2.45) is 0 Å². The van der Waals surface area contributed by atoms with Crippen LogP contribution in [-0.4, -0.2) is 21.5 Å². The molecule has 0 atom stereocenters. The molecule has 5 heteroatoms. The van der Waals surface area contributed by atoms with E-state index in [0.717, 1.165) is 22.3 Å². The lowest BCUT2D eigenvalue weighted by Crippen LogP contribution is -2.42. The van der Waals surface area contributed by atoms with Crippen LogP contribution >= 0.6 is 0 Å². The molecule has 0 bridgehead atoms. The van der Waals surface area contributed by atoms with Crippen molar-refractivity contribution >= 4 is 23.9 Å². The van der Waals surface area contributed by atoms with Crippen molar-refractivity contribution in [3.63, 3.8) is 0 Å². The van der Waals surface area contributed by atoms with Gasteiger partial charge in [-0.15, -0.1) is 0 Å². The molecule has 0 saturated carbocycles. The molecule has 0 spiro atoms. The third-order valence-corrected chi connectivity index (χ3v) is 6.47. The Morgan fingerprint density at radius 3 is 2.44 bits per heavy atom. The van der Waals surface area contributed by atoms with E-state index in [2.05, 4.69) is 31.1 Å². The van der Waals surface area contributed by atoms with Gasteiger partial charge in [-0.05, 0) is 58.7 Å². The van der Waals surface area contributed by atoms with Crippen molar-refractivity contribution < 1.29 is 14.7 Å². The highest BCUT2D eigenvalue weighted by Crippen LogP contribution is 2.45. The fourth-order valence-corrected chi connectivity index (χ4v) is 4.38. The molecular formula is C27H27N2O3-. The van der Waals surface area contributed by atoms with Gasteiger partial charge in [0.1, 0.15) is 5.78 Å². The Hall–Kier alpha value is -3.47. The first kappa shape index (κ1) is 21.8. The zero-order chi connectivity index (χ0) is 23.1. The number of Topliss-reactive ketones (excluding diaryl/α,β-unsaturated/α-hetero) is 1. The molecule has 0 aliphatic heterocycles. The number of hydrogen-bond donors (Lipinski definition) is 0. The monoisotopic (exact) mass is 427 g/mol. The van der Waals surface area contributed by atoms with Gasteiger partial charge in [-0.25, -0.2) is 0 Å². The summed E-state index contributed by atoms with van der Waals surface area (Å²) in [7, 11) is 0. The van der Waals surface area contributed by atoms with Crippen LogP contribution in [0.4, 0.5) is 0 Å². The number of fused-ring (bicyclic) bond motifs is 1. The van der Waals surface area contributed by atoms with E-state index in [4.69, 9.17) is 0 Å². The van der Waals surface area contributed by atoms with Gasteiger partial charge in [-0.3, -0.25) is 9.48 Å². The average molecular weight is 428 g/mol. The molecule has 3 aromatic rings. The van der Waals surface area contributed by atoms with Gasteiger partial charge in [-0.2, -0.15) is 5.10 Å². The van der Waals surface area contributed by atoms with Crippen LogP contribution < -0.4 is 5.11 Å². The van der Waals surface area contributed by atoms with Crippen molar-refractivity contribution in [1.29, 1.82) is 0 Å². The van der Waals surface area contributed by atoms with Gasteiger partial charge in [0.25, 0.3) is 0 Å². The summed E-state index contributed by atoms with van der Waals surface area (Å²) >= 11 is 0. The van der Waals surface area contributed by atoms with Crippen LogP contribution in [0.15, 0.2) is 54.9 Å². The number of benzene rings is 2. The maximum absolute atomic E-state index is 12.9. The second-order valence-electron chi connectivity index (χ2n) is 9.65.